The first-order valence-corrected chi connectivity index (χ1v) is 8.63. The van der Waals surface area contributed by atoms with Gasteiger partial charge in [0.1, 0.15) is 6.04 Å². The van der Waals surface area contributed by atoms with Crippen molar-refractivity contribution < 1.29 is 9.59 Å². The second kappa shape index (κ2) is 6.65. The number of carbonyl (C=O) groups excluding carboxylic acids is 2. The van der Waals surface area contributed by atoms with Gasteiger partial charge in [-0.05, 0) is 41.8 Å². The van der Waals surface area contributed by atoms with E-state index in [-0.39, 0.29) is 18.5 Å². The van der Waals surface area contributed by atoms with Crippen LogP contribution in [0.1, 0.15) is 22.7 Å². The van der Waals surface area contributed by atoms with Gasteiger partial charge < -0.3 is 16.0 Å². The van der Waals surface area contributed by atoms with E-state index in [1.54, 1.807) is 0 Å². The summed E-state index contributed by atoms with van der Waals surface area (Å²) >= 11 is 0. The highest BCUT2D eigenvalue weighted by Gasteiger charge is 2.38. The zero-order valence-corrected chi connectivity index (χ0v) is 14.2. The lowest BCUT2D eigenvalue weighted by Gasteiger charge is -2.13. The van der Waals surface area contributed by atoms with Crippen LogP contribution in [0.5, 0.6) is 0 Å². The lowest BCUT2D eigenvalue weighted by molar-refractivity contribution is -0.128. The van der Waals surface area contributed by atoms with Crippen LogP contribution in [-0.4, -0.2) is 28.4 Å². The van der Waals surface area contributed by atoms with Crippen molar-refractivity contribution in [3.63, 3.8) is 0 Å². The third kappa shape index (κ3) is 2.84. The first-order chi connectivity index (χ1) is 12.7. The minimum absolute atomic E-state index is 0.228. The number of hydrogen-bond acceptors (Lipinski definition) is 3. The molecule has 4 rings (SSSR count). The Morgan fingerprint density at radius 1 is 1.08 bits per heavy atom. The summed E-state index contributed by atoms with van der Waals surface area (Å²) in [4.78, 5) is 29.6. The molecule has 1 saturated heterocycles. The number of nitrogens with two attached hydrogens (primary N) is 1. The highest BCUT2D eigenvalue weighted by atomic mass is 16.2. The molecule has 1 aliphatic heterocycles. The summed E-state index contributed by atoms with van der Waals surface area (Å²) in [5, 5.41) is 3.84. The molecule has 4 N–H and O–H groups in total. The molecule has 26 heavy (non-hydrogen) atoms. The normalized spacial score (nSPS) is 17.1. The Balaban J connectivity index is 1.62. The van der Waals surface area contributed by atoms with Crippen molar-refractivity contribution >= 4 is 22.8 Å². The number of urea groups is 1. The summed E-state index contributed by atoms with van der Waals surface area (Å²) in [6, 6.07) is 14.3. The summed E-state index contributed by atoms with van der Waals surface area (Å²) in [5.74, 6) is -0.228. The largest absolute Gasteiger partial charge is 0.361 e. The second-order valence-electron chi connectivity index (χ2n) is 6.45. The molecule has 132 valence electrons. The number of imide groups is 1. The van der Waals surface area contributed by atoms with Gasteiger partial charge in [-0.2, -0.15) is 0 Å². The number of carbonyl (C=O) groups is 2. The summed E-state index contributed by atoms with van der Waals surface area (Å²) < 4.78 is 0. The molecule has 2 aromatic carbocycles. The van der Waals surface area contributed by atoms with Gasteiger partial charge >= 0.3 is 6.03 Å². The minimum atomic E-state index is -0.656. The van der Waals surface area contributed by atoms with E-state index in [0.717, 1.165) is 34.0 Å². The number of benzene rings is 2. The van der Waals surface area contributed by atoms with Gasteiger partial charge in [-0.15, -0.1) is 0 Å². The number of nitrogens with zero attached hydrogens (tertiary/aromatic N) is 1. The quantitative estimate of drug-likeness (QED) is 0.619. The molecule has 0 spiro atoms. The Bertz CT molecular complexity index is 964. The van der Waals surface area contributed by atoms with Gasteiger partial charge in [0.05, 0.1) is 6.54 Å². The van der Waals surface area contributed by atoms with Crippen LogP contribution in [0.25, 0.3) is 10.9 Å². The van der Waals surface area contributed by atoms with E-state index in [1.165, 1.54) is 4.90 Å². The molecule has 6 heteroatoms. The molecule has 0 bridgehead atoms. The lowest BCUT2D eigenvalue weighted by Crippen LogP contribution is -2.30. The molecule has 1 fully saturated rings. The summed E-state index contributed by atoms with van der Waals surface area (Å²) in [6.45, 7) is 0.827. The topological polar surface area (TPSA) is 91.2 Å². The van der Waals surface area contributed by atoms with Crippen molar-refractivity contribution in [3.8, 4) is 0 Å². The zero-order valence-electron chi connectivity index (χ0n) is 14.2. The van der Waals surface area contributed by atoms with E-state index in [4.69, 9.17) is 5.73 Å². The van der Waals surface area contributed by atoms with E-state index in [2.05, 4.69) is 10.3 Å². The van der Waals surface area contributed by atoms with Gasteiger partial charge in [0.2, 0.25) is 0 Å². The van der Waals surface area contributed by atoms with E-state index >= 15 is 0 Å². The van der Waals surface area contributed by atoms with Gasteiger partial charge in [0.25, 0.3) is 5.91 Å². The molecule has 0 aliphatic carbocycles. The van der Waals surface area contributed by atoms with E-state index in [9.17, 15) is 9.59 Å². The van der Waals surface area contributed by atoms with Gasteiger partial charge in [0.15, 0.2) is 0 Å². The Morgan fingerprint density at radius 2 is 1.88 bits per heavy atom. The van der Waals surface area contributed by atoms with Gasteiger partial charge in [-0.3, -0.25) is 9.69 Å². The summed E-state index contributed by atoms with van der Waals surface area (Å²) in [5.41, 5.74) is 9.48. The van der Waals surface area contributed by atoms with Crippen molar-refractivity contribution in [1.29, 1.82) is 0 Å². The average Bonchev–Trinajstić information content (AvgIpc) is 3.18. The fraction of sp³-hybridized carbons (Fsp3) is 0.200. The van der Waals surface area contributed by atoms with E-state index in [1.807, 2.05) is 54.7 Å². The molecule has 1 unspecified atom stereocenters. The molecular formula is C20H20N4O2. The number of aromatic amines is 1. The SMILES string of the molecule is NCCc1c[nH]c2ccc(C3NC(=O)N(Cc4ccccc4)C3=O)cc12. The van der Waals surface area contributed by atoms with Crippen LogP contribution < -0.4 is 11.1 Å². The Labute approximate surface area is 151 Å². The number of H-pyrrole nitrogens is 1. The van der Waals surface area contributed by atoms with E-state index in [0.29, 0.717) is 6.54 Å². The highest BCUT2D eigenvalue weighted by molar-refractivity contribution is 6.05. The van der Waals surface area contributed by atoms with Gasteiger partial charge in [-0.25, -0.2) is 4.79 Å². The van der Waals surface area contributed by atoms with Crippen molar-refractivity contribution in [1.82, 2.24) is 15.2 Å². The molecule has 6 nitrogen and oxygen atoms in total. The van der Waals surface area contributed by atoms with Gasteiger partial charge in [0, 0.05) is 17.1 Å². The van der Waals surface area contributed by atoms with Crippen molar-refractivity contribution in [3.05, 3.63) is 71.4 Å². The number of nitrogens with one attached hydrogen (secondary N) is 2. The van der Waals surface area contributed by atoms with E-state index < -0.39 is 6.04 Å². The standard InChI is InChI=1S/C20H20N4O2/c21-9-8-15-11-22-17-7-6-14(10-16(15)17)18-19(25)24(20(26)23-18)12-13-4-2-1-3-5-13/h1-7,10-11,18,22H,8-9,12,21H2,(H,23,26). The summed E-state index contributed by atoms with van der Waals surface area (Å²) in [6.07, 6.45) is 2.70. The maximum absolute atomic E-state index is 12.8. The fourth-order valence-corrected chi connectivity index (χ4v) is 3.40. The predicted octanol–water partition coefficient (Wildman–Crippen LogP) is 2.46. The van der Waals surface area contributed by atoms with Crippen LogP contribution >= 0.6 is 0 Å². The number of fused-ring (bicyclic) bond motifs is 1. The van der Waals surface area contributed by atoms with Crippen LogP contribution in [0.15, 0.2) is 54.7 Å². The molecule has 1 aromatic heterocycles. The minimum Gasteiger partial charge on any atom is -0.361 e. The molecule has 3 aromatic rings. The Kier molecular flexibility index (Phi) is 4.18. The fourth-order valence-electron chi connectivity index (χ4n) is 3.40. The number of aromatic nitrogens is 1. The van der Waals surface area contributed by atoms with Crippen LogP contribution in [0.4, 0.5) is 4.79 Å². The molecule has 0 radical (unpaired) electrons. The Hall–Kier alpha value is -3.12. The average molecular weight is 348 g/mol. The lowest BCUT2D eigenvalue weighted by atomic mass is 10.0. The third-order valence-electron chi connectivity index (χ3n) is 4.75. The van der Waals surface area contributed by atoms with Crippen molar-refractivity contribution in [2.75, 3.05) is 6.54 Å². The van der Waals surface area contributed by atoms with Crippen LogP contribution in [-0.2, 0) is 17.8 Å². The number of rotatable bonds is 5. The molecule has 0 saturated carbocycles. The molecule has 1 atom stereocenters. The first-order valence-electron chi connectivity index (χ1n) is 8.63. The number of hydrogen-bond donors (Lipinski definition) is 3. The third-order valence-corrected chi connectivity index (χ3v) is 4.75. The monoisotopic (exact) mass is 348 g/mol. The van der Waals surface area contributed by atoms with Crippen molar-refractivity contribution in [2.24, 2.45) is 5.73 Å². The second-order valence-corrected chi connectivity index (χ2v) is 6.45. The first kappa shape index (κ1) is 16.4. The smallest absolute Gasteiger partial charge is 0.325 e. The molecule has 3 amide bonds. The predicted molar refractivity (Wildman–Crippen MR) is 99.3 cm³/mol. The molecule has 2 heterocycles. The van der Waals surface area contributed by atoms with Gasteiger partial charge in [-0.1, -0.05) is 36.4 Å². The molecular weight excluding hydrogens is 328 g/mol. The van der Waals surface area contributed by atoms with Crippen molar-refractivity contribution in [2.45, 2.75) is 19.0 Å². The van der Waals surface area contributed by atoms with Crippen LogP contribution in [0.3, 0.4) is 0 Å². The van der Waals surface area contributed by atoms with Crippen LogP contribution in [0.2, 0.25) is 0 Å². The Morgan fingerprint density at radius 3 is 2.65 bits per heavy atom. The zero-order chi connectivity index (χ0) is 18.1. The summed E-state index contributed by atoms with van der Waals surface area (Å²) in [7, 11) is 0. The number of amides is 3. The maximum Gasteiger partial charge on any atom is 0.325 e. The molecule has 1 aliphatic rings. The highest BCUT2D eigenvalue weighted by Crippen LogP contribution is 2.28. The maximum atomic E-state index is 12.8. The van der Waals surface area contributed by atoms with Crippen LogP contribution in [0, 0.1) is 0 Å².